The van der Waals surface area contributed by atoms with Gasteiger partial charge in [0, 0.05) is 23.2 Å². The Labute approximate surface area is 127 Å². The van der Waals surface area contributed by atoms with Gasteiger partial charge in [0.25, 0.3) is 5.91 Å². The van der Waals surface area contributed by atoms with Gasteiger partial charge in [-0.2, -0.15) is 5.10 Å². The lowest BCUT2D eigenvalue weighted by molar-refractivity contribution is 0.0934. The summed E-state index contributed by atoms with van der Waals surface area (Å²) in [7, 11) is 0. The average Bonchev–Trinajstić information content (AvgIpc) is 3.20. The number of halogens is 1. The van der Waals surface area contributed by atoms with Gasteiger partial charge < -0.3 is 11.1 Å². The highest BCUT2D eigenvalue weighted by Gasteiger charge is 2.32. The minimum atomic E-state index is -0.152. The maximum absolute atomic E-state index is 12.4. The summed E-state index contributed by atoms with van der Waals surface area (Å²) < 4.78 is 0. The van der Waals surface area contributed by atoms with Gasteiger partial charge in [0.1, 0.15) is 0 Å². The number of benzene rings is 1. The molecule has 2 aromatic rings. The van der Waals surface area contributed by atoms with Gasteiger partial charge in [0.15, 0.2) is 0 Å². The van der Waals surface area contributed by atoms with Gasteiger partial charge in [-0.3, -0.25) is 9.89 Å². The summed E-state index contributed by atoms with van der Waals surface area (Å²) in [6.07, 6.45) is 3.80. The molecule has 1 unspecified atom stereocenters. The SMILES string of the molecule is NCC(NC(=O)c1cn[nH]c1-c1cccc(Cl)c1)C1CC1. The van der Waals surface area contributed by atoms with Crippen LogP contribution in [0.3, 0.4) is 0 Å². The fourth-order valence-corrected chi connectivity index (χ4v) is 2.63. The first-order valence-corrected chi connectivity index (χ1v) is 7.37. The normalized spacial score (nSPS) is 15.7. The summed E-state index contributed by atoms with van der Waals surface area (Å²) in [6.45, 7) is 0.459. The van der Waals surface area contributed by atoms with Gasteiger partial charge >= 0.3 is 0 Å². The van der Waals surface area contributed by atoms with Crippen molar-refractivity contribution < 1.29 is 4.79 Å². The molecular weight excluding hydrogens is 288 g/mol. The summed E-state index contributed by atoms with van der Waals surface area (Å²) in [5.41, 5.74) is 7.74. The van der Waals surface area contributed by atoms with Gasteiger partial charge in [-0.05, 0) is 30.9 Å². The van der Waals surface area contributed by atoms with Crippen LogP contribution in [-0.4, -0.2) is 28.7 Å². The maximum atomic E-state index is 12.4. The van der Waals surface area contributed by atoms with Gasteiger partial charge in [-0.1, -0.05) is 23.7 Å². The number of aromatic nitrogens is 2. The predicted molar refractivity (Wildman–Crippen MR) is 82.1 cm³/mol. The van der Waals surface area contributed by atoms with E-state index in [1.54, 1.807) is 12.1 Å². The first-order chi connectivity index (χ1) is 10.2. The fraction of sp³-hybridized carbons (Fsp3) is 0.333. The number of hydrogen-bond acceptors (Lipinski definition) is 3. The number of rotatable bonds is 5. The molecule has 21 heavy (non-hydrogen) atoms. The van der Waals surface area contributed by atoms with E-state index in [2.05, 4.69) is 15.5 Å². The van der Waals surface area contributed by atoms with Gasteiger partial charge in [0.2, 0.25) is 0 Å². The van der Waals surface area contributed by atoms with E-state index in [0.717, 1.165) is 18.4 Å². The van der Waals surface area contributed by atoms with E-state index < -0.39 is 0 Å². The second-order valence-electron chi connectivity index (χ2n) is 5.32. The fourth-order valence-electron chi connectivity index (χ4n) is 2.44. The molecule has 4 N–H and O–H groups in total. The van der Waals surface area contributed by atoms with E-state index in [-0.39, 0.29) is 11.9 Å². The molecular formula is C15H17ClN4O. The monoisotopic (exact) mass is 304 g/mol. The number of nitrogens with zero attached hydrogens (tertiary/aromatic N) is 1. The van der Waals surface area contributed by atoms with E-state index in [9.17, 15) is 4.79 Å². The van der Waals surface area contributed by atoms with Crippen molar-refractivity contribution in [2.24, 2.45) is 11.7 Å². The molecule has 0 bridgehead atoms. The molecule has 0 saturated heterocycles. The number of H-pyrrole nitrogens is 1. The number of nitrogens with one attached hydrogen (secondary N) is 2. The Morgan fingerprint density at radius 1 is 1.52 bits per heavy atom. The lowest BCUT2D eigenvalue weighted by Crippen LogP contribution is -2.41. The van der Waals surface area contributed by atoms with Crippen LogP contribution in [0.1, 0.15) is 23.2 Å². The van der Waals surface area contributed by atoms with Crippen LogP contribution in [0.5, 0.6) is 0 Å². The van der Waals surface area contributed by atoms with Crippen molar-refractivity contribution in [1.29, 1.82) is 0 Å². The molecule has 1 aromatic heterocycles. The Balaban J connectivity index is 1.83. The van der Waals surface area contributed by atoms with Crippen molar-refractivity contribution in [3.63, 3.8) is 0 Å². The number of amides is 1. The maximum Gasteiger partial charge on any atom is 0.255 e. The Bertz CT molecular complexity index is 651. The third kappa shape index (κ3) is 3.09. The molecule has 1 aromatic carbocycles. The molecule has 1 aliphatic rings. The molecule has 5 nitrogen and oxygen atoms in total. The molecule has 0 radical (unpaired) electrons. The van der Waals surface area contributed by atoms with Gasteiger partial charge in [0.05, 0.1) is 17.5 Å². The Morgan fingerprint density at radius 3 is 3.00 bits per heavy atom. The number of carbonyl (C=O) groups is 1. The highest BCUT2D eigenvalue weighted by molar-refractivity contribution is 6.30. The van der Waals surface area contributed by atoms with Crippen molar-refractivity contribution in [2.45, 2.75) is 18.9 Å². The van der Waals surface area contributed by atoms with Crippen molar-refractivity contribution in [3.05, 3.63) is 41.0 Å². The standard InChI is InChI=1S/C15H17ClN4O/c16-11-3-1-2-10(6-11)14-12(8-18-20-14)15(21)19-13(7-17)9-4-5-9/h1-3,6,8-9,13H,4-5,7,17H2,(H,18,20)(H,19,21). The van der Waals surface area contributed by atoms with E-state index in [1.807, 2.05) is 12.1 Å². The van der Waals surface area contributed by atoms with Gasteiger partial charge in [-0.15, -0.1) is 0 Å². The van der Waals surface area contributed by atoms with Crippen LogP contribution in [-0.2, 0) is 0 Å². The number of carbonyl (C=O) groups excluding carboxylic acids is 1. The van der Waals surface area contributed by atoms with Crippen LogP contribution in [0, 0.1) is 5.92 Å². The van der Waals surface area contributed by atoms with Crippen LogP contribution in [0.25, 0.3) is 11.3 Å². The molecule has 0 spiro atoms. The summed E-state index contributed by atoms with van der Waals surface area (Å²) in [5.74, 6) is 0.363. The predicted octanol–water partition coefficient (Wildman–Crippen LogP) is 2.20. The zero-order valence-electron chi connectivity index (χ0n) is 11.5. The smallest absolute Gasteiger partial charge is 0.255 e. The van der Waals surface area contributed by atoms with E-state index in [4.69, 9.17) is 17.3 Å². The topological polar surface area (TPSA) is 83.8 Å². The zero-order valence-corrected chi connectivity index (χ0v) is 12.2. The highest BCUT2D eigenvalue weighted by atomic mass is 35.5. The number of nitrogens with two attached hydrogens (primary N) is 1. The zero-order chi connectivity index (χ0) is 14.8. The first kappa shape index (κ1) is 14.1. The van der Waals surface area contributed by atoms with Crippen LogP contribution in [0.4, 0.5) is 0 Å². The second kappa shape index (κ2) is 5.87. The van der Waals surface area contributed by atoms with Crippen molar-refractivity contribution in [1.82, 2.24) is 15.5 Å². The van der Waals surface area contributed by atoms with Crippen molar-refractivity contribution >= 4 is 17.5 Å². The molecule has 1 atom stereocenters. The molecule has 1 fully saturated rings. The molecule has 1 aliphatic carbocycles. The molecule has 6 heteroatoms. The molecule has 0 aliphatic heterocycles. The lowest BCUT2D eigenvalue weighted by Gasteiger charge is -2.15. The van der Waals surface area contributed by atoms with Crippen LogP contribution < -0.4 is 11.1 Å². The molecule has 1 saturated carbocycles. The van der Waals surface area contributed by atoms with Crippen molar-refractivity contribution in [2.75, 3.05) is 6.54 Å². The Morgan fingerprint density at radius 2 is 2.33 bits per heavy atom. The van der Waals surface area contributed by atoms with E-state index in [0.29, 0.717) is 28.7 Å². The number of aromatic amines is 1. The molecule has 110 valence electrons. The van der Waals surface area contributed by atoms with E-state index >= 15 is 0 Å². The molecule has 1 amide bonds. The first-order valence-electron chi connectivity index (χ1n) is 6.99. The largest absolute Gasteiger partial charge is 0.348 e. The van der Waals surface area contributed by atoms with E-state index in [1.165, 1.54) is 6.20 Å². The second-order valence-corrected chi connectivity index (χ2v) is 5.76. The van der Waals surface area contributed by atoms with Crippen molar-refractivity contribution in [3.8, 4) is 11.3 Å². The quantitative estimate of drug-likeness (QED) is 0.792. The minimum absolute atomic E-state index is 0.0413. The Kier molecular flexibility index (Phi) is 3.94. The summed E-state index contributed by atoms with van der Waals surface area (Å²) in [5, 5.41) is 10.5. The number of hydrogen-bond donors (Lipinski definition) is 3. The van der Waals surface area contributed by atoms with Crippen LogP contribution in [0.15, 0.2) is 30.5 Å². The van der Waals surface area contributed by atoms with Crippen LogP contribution >= 0.6 is 11.6 Å². The summed E-state index contributed by atoms with van der Waals surface area (Å²) in [6, 6.07) is 7.36. The summed E-state index contributed by atoms with van der Waals surface area (Å²) >= 11 is 6.00. The third-order valence-electron chi connectivity index (χ3n) is 3.76. The minimum Gasteiger partial charge on any atom is -0.348 e. The Hall–Kier alpha value is -1.85. The molecule has 1 heterocycles. The summed E-state index contributed by atoms with van der Waals surface area (Å²) in [4.78, 5) is 12.4. The average molecular weight is 305 g/mol. The highest BCUT2D eigenvalue weighted by Crippen LogP contribution is 2.32. The lowest BCUT2D eigenvalue weighted by atomic mass is 10.1. The molecule has 3 rings (SSSR count). The van der Waals surface area contributed by atoms with Gasteiger partial charge in [-0.25, -0.2) is 0 Å². The van der Waals surface area contributed by atoms with Crippen LogP contribution in [0.2, 0.25) is 5.02 Å². The third-order valence-corrected chi connectivity index (χ3v) is 3.99.